The van der Waals surface area contributed by atoms with Crippen molar-refractivity contribution < 1.29 is 14.3 Å². The number of halogens is 2. The van der Waals surface area contributed by atoms with Gasteiger partial charge in [0, 0.05) is 15.1 Å². The Morgan fingerprint density at radius 2 is 2.00 bits per heavy atom. The predicted octanol–water partition coefficient (Wildman–Crippen LogP) is 4.58. The Bertz CT molecular complexity index is 616. The van der Waals surface area contributed by atoms with Crippen LogP contribution in [-0.4, -0.2) is 11.1 Å². The van der Waals surface area contributed by atoms with Crippen LogP contribution in [0.3, 0.4) is 0 Å². The number of hydrogen-bond acceptors (Lipinski definition) is 2. The Balaban J connectivity index is 2.16. The van der Waals surface area contributed by atoms with Crippen LogP contribution in [0.5, 0.6) is 0 Å². The van der Waals surface area contributed by atoms with Crippen LogP contribution in [0.25, 0.3) is 0 Å². The highest BCUT2D eigenvalue weighted by molar-refractivity contribution is 9.10. The summed E-state index contributed by atoms with van der Waals surface area (Å²) in [5.41, 5.74) is 0.626. The van der Waals surface area contributed by atoms with Gasteiger partial charge in [-0.15, -0.1) is 11.8 Å². The van der Waals surface area contributed by atoms with Crippen molar-refractivity contribution in [3.8, 4) is 0 Å². The minimum atomic E-state index is -1.12. The zero-order valence-electron chi connectivity index (χ0n) is 9.77. The maximum absolute atomic E-state index is 13.3. The molecule has 0 saturated carbocycles. The van der Waals surface area contributed by atoms with Crippen LogP contribution in [0.2, 0.25) is 0 Å². The molecule has 5 heteroatoms. The molecular weight excluding hydrogens is 331 g/mol. The molecule has 0 aliphatic heterocycles. The van der Waals surface area contributed by atoms with E-state index in [2.05, 4.69) is 15.9 Å². The number of thioether (sulfide) groups is 1. The van der Waals surface area contributed by atoms with E-state index in [0.717, 1.165) is 15.4 Å². The Labute approximate surface area is 122 Å². The number of carboxylic acids is 1. The van der Waals surface area contributed by atoms with E-state index in [1.54, 1.807) is 0 Å². The van der Waals surface area contributed by atoms with Crippen LogP contribution in [0.15, 0.2) is 51.8 Å². The van der Waals surface area contributed by atoms with Crippen molar-refractivity contribution in [1.82, 2.24) is 0 Å². The molecule has 0 fully saturated rings. The van der Waals surface area contributed by atoms with Crippen molar-refractivity contribution >= 4 is 33.7 Å². The second-order valence-electron chi connectivity index (χ2n) is 3.87. The molecule has 0 radical (unpaired) electrons. The Kier molecular flexibility index (Phi) is 4.61. The topological polar surface area (TPSA) is 37.3 Å². The molecule has 0 spiro atoms. The molecule has 2 aromatic rings. The lowest BCUT2D eigenvalue weighted by Gasteiger charge is -2.05. The van der Waals surface area contributed by atoms with Crippen LogP contribution >= 0.6 is 27.7 Å². The maximum Gasteiger partial charge on any atom is 0.335 e. The molecule has 2 nitrogen and oxygen atoms in total. The molecule has 0 unspecified atom stereocenters. The van der Waals surface area contributed by atoms with Gasteiger partial charge in [-0.05, 0) is 51.8 Å². The van der Waals surface area contributed by atoms with E-state index in [1.165, 1.54) is 23.9 Å². The van der Waals surface area contributed by atoms with Gasteiger partial charge >= 0.3 is 5.97 Å². The highest BCUT2D eigenvalue weighted by Gasteiger charge is 2.08. The van der Waals surface area contributed by atoms with Gasteiger partial charge in [0.15, 0.2) is 0 Å². The third kappa shape index (κ3) is 3.81. The Hall–Kier alpha value is -1.33. The summed E-state index contributed by atoms with van der Waals surface area (Å²) < 4.78 is 14.3. The normalized spacial score (nSPS) is 10.4. The smallest absolute Gasteiger partial charge is 0.335 e. The second-order valence-corrected chi connectivity index (χ2v) is 5.74. The van der Waals surface area contributed by atoms with Gasteiger partial charge in [-0.25, -0.2) is 9.18 Å². The fourth-order valence-corrected chi connectivity index (χ4v) is 3.08. The minimum Gasteiger partial charge on any atom is -0.478 e. The molecule has 1 N–H and O–H groups in total. The van der Waals surface area contributed by atoms with E-state index < -0.39 is 11.8 Å². The van der Waals surface area contributed by atoms with E-state index in [0.29, 0.717) is 11.3 Å². The van der Waals surface area contributed by atoms with Crippen LogP contribution in [-0.2, 0) is 5.75 Å². The average Bonchev–Trinajstić information content (AvgIpc) is 2.37. The maximum atomic E-state index is 13.3. The standard InChI is InChI=1S/C14H10BrFO2S/c15-12-3-1-2-4-13(12)19-8-9-5-10(14(17)18)7-11(16)6-9/h1-7H,8H2,(H,17,18). The molecule has 0 aliphatic carbocycles. The zero-order valence-corrected chi connectivity index (χ0v) is 12.2. The molecule has 0 heterocycles. The molecule has 0 saturated heterocycles. The molecule has 0 bridgehead atoms. The van der Waals surface area contributed by atoms with Gasteiger partial charge in [0.25, 0.3) is 0 Å². The summed E-state index contributed by atoms with van der Waals surface area (Å²) in [6.45, 7) is 0. The number of rotatable bonds is 4. The molecule has 0 atom stereocenters. The summed E-state index contributed by atoms with van der Waals surface area (Å²) in [5, 5.41) is 8.88. The van der Waals surface area contributed by atoms with Crippen molar-refractivity contribution in [1.29, 1.82) is 0 Å². The van der Waals surface area contributed by atoms with Crippen LogP contribution in [0, 0.1) is 5.82 Å². The number of carbonyl (C=O) groups is 1. The third-order valence-electron chi connectivity index (χ3n) is 2.44. The Morgan fingerprint density at radius 3 is 2.68 bits per heavy atom. The van der Waals surface area contributed by atoms with E-state index >= 15 is 0 Å². The quantitative estimate of drug-likeness (QED) is 0.827. The molecule has 0 aromatic heterocycles. The van der Waals surface area contributed by atoms with Gasteiger partial charge < -0.3 is 5.11 Å². The number of carboxylic acid groups (broad SMARTS) is 1. The first-order valence-corrected chi connectivity index (χ1v) is 7.24. The van der Waals surface area contributed by atoms with Crippen LogP contribution in [0.1, 0.15) is 15.9 Å². The van der Waals surface area contributed by atoms with Gasteiger partial charge in [0.2, 0.25) is 0 Å². The fraction of sp³-hybridized carbons (Fsp3) is 0.0714. The third-order valence-corrected chi connectivity index (χ3v) is 4.53. The fourth-order valence-electron chi connectivity index (χ4n) is 1.58. The summed E-state index contributed by atoms with van der Waals surface area (Å²) >= 11 is 4.96. The second kappa shape index (κ2) is 6.21. The highest BCUT2D eigenvalue weighted by atomic mass is 79.9. The number of aromatic carboxylic acids is 1. The lowest BCUT2D eigenvalue weighted by molar-refractivity contribution is 0.0696. The van der Waals surface area contributed by atoms with Gasteiger partial charge in [0.1, 0.15) is 5.82 Å². The summed E-state index contributed by atoms with van der Waals surface area (Å²) in [6.07, 6.45) is 0. The number of hydrogen-bond donors (Lipinski definition) is 1. The summed E-state index contributed by atoms with van der Waals surface area (Å²) in [7, 11) is 0. The molecule has 2 aromatic carbocycles. The van der Waals surface area contributed by atoms with E-state index in [-0.39, 0.29) is 5.56 Å². The molecule has 0 amide bonds. The molecule has 98 valence electrons. The first kappa shape index (κ1) is 14.1. The molecule has 0 aliphatic rings. The van der Waals surface area contributed by atoms with E-state index in [9.17, 15) is 9.18 Å². The largest absolute Gasteiger partial charge is 0.478 e. The monoisotopic (exact) mass is 340 g/mol. The first-order chi connectivity index (χ1) is 9.06. The summed E-state index contributed by atoms with van der Waals surface area (Å²) in [6, 6.07) is 11.6. The van der Waals surface area contributed by atoms with Crippen molar-refractivity contribution in [3.63, 3.8) is 0 Å². The van der Waals surface area contributed by atoms with Gasteiger partial charge in [0.05, 0.1) is 5.56 Å². The summed E-state index contributed by atoms with van der Waals surface area (Å²) in [4.78, 5) is 11.9. The minimum absolute atomic E-state index is 0.0253. The van der Waals surface area contributed by atoms with Gasteiger partial charge in [-0.1, -0.05) is 12.1 Å². The van der Waals surface area contributed by atoms with Crippen LogP contribution < -0.4 is 0 Å². The predicted molar refractivity (Wildman–Crippen MR) is 77.1 cm³/mol. The van der Waals surface area contributed by atoms with Crippen molar-refractivity contribution in [2.45, 2.75) is 10.6 Å². The lowest BCUT2D eigenvalue weighted by Crippen LogP contribution is -1.98. The van der Waals surface area contributed by atoms with Gasteiger partial charge in [-0.2, -0.15) is 0 Å². The van der Waals surface area contributed by atoms with Crippen molar-refractivity contribution in [2.75, 3.05) is 0 Å². The Morgan fingerprint density at radius 1 is 1.26 bits per heavy atom. The first-order valence-electron chi connectivity index (χ1n) is 5.46. The molecule has 2 rings (SSSR count). The lowest BCUT2D eigenvalue weighted by atomic mass is 10.1. The average molecular weight is 341 g/mol. The zero-order chi connectivity index (χ0) is 13.8. The molecular formula is C14H10BrFO2S. The van der Waals surface area contributed by atoms with Gasteiger partial charge in [-0.3, -0.25) is 0 Å². The SMILES string of the molecule is O=C(O)c1cc(F)cc(CSc2ccccc2Br)c1. The van der Waals surface area contributed by atoms with Crippen molar-refractivity contribution in [3.05, 3.63) is 63.9 Å². The van der Waals surface area contributed by atoms with Crippen LogP contribution in [0.4, 0.5) is 4.39 Å². The summed E-state index contributed by atoms with van der Waals surface area (Å²) in [5.74, 6) is -1.13. The van der Waals surface area contributed by atoms with E-state index in [4.69, 9.17) is 5.11 Å². The number of benzene rings is 2. The highest BCUT2D eigenvalue weighted by Crippen LogP contribution is 2.30. The van der Waals surface area contributed by atoms with Crippen molar-refractivity contribution in [2.24, 2.45) is 0 Å². The van der Waals surface area contributed by atoms with E-state index in [1.807, 2.05) is 24.3 Å². The molecule has 19 heavy (non-hydrogen) atoms.